The summed E-state index contributed by atoms with van der Waals surface area (Å²) in [6, 6.07) is 11.1. The predicted molar refractivity (Wildman–Crippen MR) is 131 cm³/mol. The van der Waals surface area contributed by atoms with Crippen molar-refractivity contribution in [3.05, 3.63) is 63.7 Å². The van der Waals surface area contributed by atoms with Crippen molar-refractivity contribution in [1.82, 2.24) is 9.21 Å². The van der Waals surface area contributed by atoms with E-state index in [0.717, 1.165) is 24.5 Å². The maximum Gasteiger partial charge on any atom is 0.293 e. The summed E-state index contributed by atoms with van der Waals surface area (Å²) in [5.74, 6) is 0.178. The first-order valence-corrected chi connectivity index (χ1v) is 12.8. The van der Waals surface area contributed by atoms with Gasteiger partial charge < -0.3 is 10.2 Å². The highest BCUT2D eigenvalue weighted by atomic mass is 32.2. The summed E-state index contributed by atoms with van der Waals surface area (Å²) < 4.78 is 27.5. The van der Waals surface area contributed by atoms with Gasteiger partial charge in [0.2, 0.25) is 10.0 Å². The Labute approximate surface area is 201 Å². The Bertz CT molecular complexity index is 1150. The van der Waals surface area contributed by atoms with Gasteiger partial charge >= 0.3 is 0 Å². The van der Waals surface area contributed by atoms with E-state index in [4.69, 9.17) is 0 Å². The van der Waals surface area contributed by atoms with Crippen molar-refractivity contribution >= 4 is 27.3 Å². The Balaban J connectivity index is 1.75. The van der Waals surface area contributed by atoms with Crippen LogP contribution < -0.4 is 5.32 Å². The van der Waals surface area contributed by atoms with Gasteiger partial charge in [0, 0.05) is 44.4 Å². The largest absolute Gasteiger partial charge is 0.375 e. The molecule has 1 amide bonds. The molecular weight excluding hydrogens is 456 g/mol. The average molecular weight is 489 g/mol. The SMILES string of the molecule is CC(C)N(C)C(=O)c1ccc(CNc2ccc(S(=O)(=O)N3CCC[C@@H](C)C3)cc2[N+](=O)[O-])cc1. The van der Waals surface area contributed by atoms with Crippen molar-refractivity contribution < 1.29 is 18.1 Å². The third kappa shape index (κ3) is 5.74. The first-order chi connectivity index (χ1) is 16.0. The minimum absolute atomic E-state index is 0.0732. The number of rotatable bonds is 8. The van der Waals surface area contributed by atoms with E-state index in [1.165, 1.54) is 16.4 Å². The molecule has 0 spiro atoms. The molecule has 0 aromatic heterocycles. The molecule has 0 unspecified atom stereocenters. The molecule has 2 aromatic rings. The number of anilines is 1. The topological polar surface area (TPSA) is 113 Å². The van der Waals surface area contributed by atoms with E-state index in [9.17, 15) is 23.3 Å². The second kappa shape index (κ2) is 10.5. The number of carbonyl (C=O) groups is 1. The van der Waals surface area contributed by atoms with Gasteiger partial charge in [0.05, 0.1) is 9.82 Å². The quantitative estimate of drug-likeness (QED) is 0.442. The minimum Gasteiger partial charge on any atom is -0.375 e. The summed E-state index contributed by atoms with van der Waals surface area (Å²) in [5, 5.41) is 14.7. The number of hydrogen-bond donors (Lipinski definition) is 1. The first kappa shape index (κ1) is 25.6. The third-order valence-electron chi connectivity index (χ3n) is 6.20. The summed E-state index contributed by atoms with van der Waals surface area (Å²) in [4.78, 5) is 25.1. The molecule has 9 nitrogen and oxygen atoms in total. The van der Waals surface area contributed by atoms with E-state index in [2.05, 4.69) is 5.32 Å². The van der Waals surface area contributed by atoms with Gasteiger partial charge in [-0.2, -0.15) is 4.31 Å². The van der Waals surface area contributed by atoms with Gasteiger partial charge in [0.1, 0.15) is 5.69 Å². The summed E-state index contributed by atoms with van der Waals surface area (Å²) in [7, 11) is -2.05. The van der Waals surface area contributed by atoms with Gasteiger partial charge in [-0.05, 0) is 62.4 Å². The number of nitro benzene ring substituents is 1. The molecule has 2 aromatic carbocycles. The molecule has 1 N–H and O–H groups in total. The molecular formula is C24H32N4O5S. The van der Waals surface area contributed by atoms with Crippen molar-refractivity contribution in [2.24, 2.45) is 5.92 Å². The van der Waals surface area contributed by atoms with Crippen LogP contribution in [0.15, 0.2) is 47.4 Å². The van der Waals surface area contributed by atoms with Crippen LogP contribution in [-0.4, -0.2) is 54.6 Å². The zero-order valence-corrected chi connectivity index (χ0v) is 20.8. The fourth-order valence-electron chi connectivity index (χ4n) is 3.89. The monoisotopic (exact) mass is 488 g/mol. The highest BCUT2D eigenvalue weighted by Crippen LogP contribution is 2.31. The Hall–Kier alpha value is -2.98. The molecule has 1 saturated heterocycles. The highest BCUT2D eigenvalue weighted by Gasteiger charge is 2.30. The van der Waals surface area contributed by atoms with Crippen LogP contribution in [0.3, 0.4) is 0 Å². The molecule has 34 heavy (non-hydrogen) atoms. The maximum absolute atomic E-state index is 13.0. The number of nitrogens with zero attached hydrogens (tertiary/aromatic N) is 3. The zero-order chi connectivity index (χ0) is 25.0. The van der Waals surface area contributed by atoms with E-state index < -0.39 is 14.9 Å². The van der Waals surface area contributed by atoms with Crippen molar-refractivity contribution in [2.45, 2.75) is 51.1 Å². The number of amides is 1. The molecule has 1 heterocycles. The number of nitro groups is 1. The highest BCUT2D eigenvalue weighted by molar-refractivity contribution is 7.89. The van der Waals surface area contributed by atoms with Gasteiger partial charge in [0.25, 0.3) is 11.6 Å². The van der Waals surface area contributed by atoms with Crippen molar-refractivity contribution in [2.75, 3.05) is 25.5 Å². The summed E-state index contributed by atoms with van der Waals surface area (Å²) in [6.07, 6.45) is 1.75. The lowest BCUT2D eigenvalue weighted by Gasteiger charge is -2.30. The number of nitrogens with one attached hydrogen (secondary N) is 1. The zero-order valence-electron chi connectivity index (χ0n) is 20.0. The molecule has 184 valence electrons. The van der Waals surface area contributed by atoms with E-state index in [0.29, 0.717) is 18.7 Å². The van der Waals surface area contributed by atoms with Crippen LogP contribution in [0.1, 0.15) is 49.5 Å². The first-order valence-electron chi connectivity index (χ1n) is 11.4. The van der Waals surface area contributed by atoms with Crippen LogP contribution in [-0.2, 0) is 16.6 Å². The van der Waals surface area contributed by atoms with Crippen LogP contribution in [0.25, 0.3) is 0 Å². The lowest BCUT2D eigenvalue weighted by Crippen LogP contribution is -2.39. The number of carbonyl (C=O) groups excluding carboxylic acids is 1. The lowest BCUT2D eigenvalue weighted by atomic mass is 10.0. The average Bonchev–Trinajstić information content (AvgIpc) is 2.81. The van der Waals surface area contributed by atoms with Crippen LogP contribution in [0.2, 0.25) is 0 Å². The third-order valence-corrected chi connectivity index (χ3v) is 8.06. The van der Waals surface area contributed by atoms with E-state index in [-0.39, 0.29) is 40.7 Å². The Morgan fingerprint density at radius 3 is 2.50 bits per heavy atom. The van der Waals surface area contributed by atoms with Gasteiger partial charge in [-0.15, -0.1) is 0 Å². The molecule has 1 atom stereocenters. The van der Waals surface area contributed by atoms with Crippen molar-refractivity contribution in [3.8, 4) is 0 Å². The Morgan fingerprint density at radius 2 is 1.91 bits per heavy atom. The Morgan fingerprint density at radius 1 is 1.24 bits per heavy atom. The molecule has 1 aliphatic heterocycles. The maximum atomic E-state index is 13.0. The van der Waals surface area contributed by atoms with Gasteiger partial charge in [-0.1, -0.05) is 19.1 Å². The second-order valence-electron chi connectivity index (χ2n) is 9.11. The van der Waals surface area contributed by atoms with Crippen LogP contribution >= 0.6 is 0 Å². The Kier molecular flexibility index (Phi) is 7.93. The van der Waals surface area contributed by atoms with Crippen molar-refractivity contribution in [1.29, 1.82) is 0 Å². The second-order valence-corrected chi connectivity index (χ2v) is 11.0. The standard InChI is InChI=1S/C24H32N4O5S/c1-17(2)26(4)24(29)20-9-7-19(8-10-20)15-25-22-12-11-21(14-23(22)28(30)31)34(32,33)27-13-5-6-18(3)16-27/h7-12,14,17-18,25H,5-6,13,15-16H2,1-4H3/t18-/m1/s1. The summed E-state index contributed by atoms with van der Waals surface area (Å²) in [6.45, 7) is 7.00. The van der Waals surface area contributed by atoms with Crippen LogP contribution in [0, 0.1) is 16.0 Å². The summed E-state index contributed by atoms with van der Waals surface area (Å²) >= 11 is 0. The van der Waals surface area contributed by atoms with Gasteiger partial charge in [-0.25, -0.2) is 8.42 Å². The molecule has 1 aliphatic rings. The molecule has 10 heteroatoms. The lowest BCUT2D eigenvalue weighted by molar-refractivity contribution is -0.384. The van der Waals surface area contributed by atoms with Crippen LogP contribution in [0.4, 0.5) is 11.4 Å². The van der Waals surface area contributed by atoms with E-state index >= 15 is 0 Å². The van der Waals surface area contributed by atoms with E-state index in [1.54, 1.807) is 36.2 Å². The summed E-state index contributed by atoms with van der Waals surface area (Å²) in [5.41, 5.74) is 1.33. The normalized spacial score (nSPS) is 16.9. The fraction of sp³-hybridized carbons (Fsp3) is 0.458. The molecule has 0 saturated carbocycles. The molecule has 3 rings (SSSR count). The van der Waals surface area contributed by atoms with Gasteiger partial charge in [-0.3, -0.25) is 14.9 Å². The van der Waals surface area contributed by atoms with E-state index in [1.807, 2.05) is 20.8 Å². The number of benzene rings is 2. The fourth-order valence-corrected chi connectivity index (χ4v) is 5.51. The van der Waals surface area contributed by atoms with Crippen LogP contribution in [0.5, 0.6) is 0 Å². The van der Waals surface area contributed by atoms with Gasteiger partial charge in [0.15, 0.2) is 0 Å². The number of sulfonamides is 1. The van der Waals surface area contributed by atoms with Crippen molar-refractivity contribution in [3.63, 3.8) is 0 Å². The molecule has 0 aliphatic carbocycles. The smallest absolute Gasteiger partial charge is 0.293 e. The minimum atomic E-state index is -3.80. The predicted octanol–water partition coefficient (Wildman–Crippen LogP) is 4.11. The molecule has 1 fully saturated rings. The molecule has 0 bridgehead atoms. The number of piperidine rings is 1. The number of hydrogen-bond acceptors (Lipinski definition) is 6. The molecule has 0 radical (unpaired) electrons.